The molecule has 0 unspecified atom stereocenters. The highest BCUT2D eigenvalue weighted by molar-refractivity contribution is 6.35. The van der Waals surface area contributed by atoms with E-state index in [4.69, 9.17) is 23.2 Å². The molecule has 2 fully saturated rings. The number of nitrogens with zero attached hydrogens (tertiary/aromatic N) is 1. The van der Waals surface area contributed by atoms with E-state index in [9.17, 15) is 0 Å². The molecule has 1 heterocycles. The summed E-state index contributed by atoms with van der Waals surface area (Å²) in [4.78, 5) is 2.52. The molecule has 1 saturated carbocycles. The number of benzene rings is 1. The van der Waals surface area contributed by atoms with E-state index in [2.05, 4.69) is 4.90 Å². The Morgan fingerprint density at radius 3 is 2.62 bits per heavy atom. The number of halogens is 2. The zero-order chi connectivity index (χ0) is 11.2. The van der Waals surface area contributed by atoms with Crippen molar-refractivity contribution in [2.45, 2.75) is 25.8 Å². The molecule has 0 atom stereocenters. The van der Waals surface area contributed by atoms with Crippen LogP contribution in [-0.2, 0) is 6.54 Å². The second kappa shape index (κ2) is 3.90. The van der Waals surface area contributed by atoms with E-state index in [1.165, 1.54) is 37.9 Å². The molecule has 0 radical (unpaired) electrons. The maximum Gasteiger partial charge on any atom is 0.0465 e. The summed E-state index contributed by atoms with van der Waals surface area (Å²) in [5.41, 5.74) is 1.89. The van der Waals surface area contributed by atoms with Crippen molar-refractivity contribution < 1.29 is 0 Å². The van der Waals surface area contributed by atoms with Crippen molar-refractivity contribution in [3.8, 4) is 0 Å². The first kappa shape index (κ1) is 10.9. The molecule has 86 valence electrons. The fraction of sp³-hybridized carbons (Fsp3) is 0.538. The predicted molar refractivity (Wildman–Crippen MR) is 68.0 cm³/mol. The molecule has 0 amide bonds. The molecular weight excluding hydrogens is 241 g/mol. The van der Waals surface area contributed by atoms with Crippen molar-refractivity contribution >= 4 is 23.2 Å². The van der Waals surface area contributed by atoms with E-state index >= 15 is 0 Å². The van der Waals surface area contributed by atoms with Gasteiger partial charge in [-0.1, -0.05) is 29.3 Å². The Balaban J connectivity index is 1.70. The number of hydrogen-bond acceptors (Lipinski definition) is 1. The molecule has 0 aromatic heterocycles. The highest BCUT2D eigenvalue weighted by Gasteiger charge is 2.47. The van der Waals surface area contributed by atoms with Crippen molar-refractivity contribution in [3.05, 3.63) is 33.8 Å². The highest BCUT2D eigenvalue weighted by Crippen LogP contribution is 2.52. The van der Waals surface area contributed by atoms with E-state index in [-0.39, 0.29) is 0 Å². The molecule has 1 aromatic rings. The topological polar surface area (TPSA) is 3.24 Å². The van der Waals surface area contributed by atoms with Gasteiger partial charge in [0.15, 0.2) is 0 Å². The van der Waals surface area contributed by atoms with Crippen molar-refractivity contribution in [2.24, 2.45) is 5.41 Å². The van der Waals surface area contributed by atoms with Crippen LogP contribution in [-0.4, -0.2) is 18.0 Å². The Labute approximate surface area is 106 Å². The average Bonchev–Trinajstić information content (AvgIpc) is 2.86. The van der Waals surface area contributed by atoms with Gasteiger partial charge in [-0.2, -0.15) is 0 Å². The molecule has 1 nitrogen and oxygen atoms in total. The van der Waals surface area contributed by atoms with Crippen LogP contribution in [0.25, 0.3) is 0 Å². The Morgan fingerprint density at radius 2 is 2.00 bits per heavy atom. The first-order chi connectivity index (χ1) is 7.67. The van der Waals surface area contributed by atoms with Gasteiger partial charge in [0.25, 0.3) is 0 Å². The molecule has 3 rings (SSSR count). The molecule has 1 saturated heterocycles. The Bertz CT molecular complexity index is 412. The largest absolute Gasteiger partial charge is 0.298 e. The second-order valence-corrected chi connectivity index (χ2v) is 6.04. The van der Waals surface area contributed by atoms with Gasteiger partial charge in [0.2, 0.25) is 0 Å². The van der Waals surface area contributed by atoms with E-state index in [1.807, 2.05) is 18.2 Å². The number of hydrogen-bond donors (Lipinski definition) is 0. The van der Waals surface area contributed by atoms with Crippen LogP contribution in [0.15, 0.2) is 18.2 Å². The third-order valence-corrected chi connectivity index (χ3v) is 4.47. The quantitative estimate of drug-likeness (QED) is 0.773. The van der Waals surface area contributed by atoms with Crippen LogP contribution in [0.2, 0.25) is 10.0 Å². The summed E-state index contributed by atoms with van der Waals surface area (Å²) in [6.45, 7) is 3.45. The molecule has 3 heteroatoms. The molecule has 2 aliphatic rings. The lowest BCUT2D eigenvalue weighted by molar-refractivity contribution is 0.312. The van der Waals surface area contributed by atoms with E-state index < -0.39 is 0 Å². The number of likely N-dealkylation sites (tertiary alicyclic amines) is 1. The van der Waals surface area contributed by atoms with Crippen LogP contribution in [0, 0.1) is 5.41 Å². The number of rotatable bonds is 2. The maximum atomic E-state index is 6.18. The average molecular weight is 256 g/mol. The van der Waals surface area contributed by atoms with Gasteiger partial charge in [-0.15, -0.1) is 0 Å². The van der Waals surface area contributed by atoms with Gasteiger partial charge in [-0.25, -0.2) is 0 Å². The fourth-order valence-electron chi connectivity index (χ4n) is 2.64. The lowest BCUT2D eigenvalue weighted by Gasteiger charge is -2.16. The van der Waals surface area contributed by atoms with Crippen LogP contribution in [0.3, 0.4) is 0 Å². The molecule has 1 aliphatic heterocycles. The molecule has 16 heavy (non-hydrogen) atoms. The minimum atomic E-state index is 0.693. The normalized spacial score (nSPS) is 22.9. The second-order valence-electron chi connectivity index (χ2n) is 5.20. The fourth-order valence-corrected chi connectivity index (χ4v) is 3.11. The monoisotopic (exact) mass is 255 g/mol. The summed E-state index contributed by atoms with van der Waals surface area (Å²) >= 11 is 12.1. The molecule has 1 aromatic carbocycles. The first-order valence-corrected chi connectivity index (χ1v) is 6.59. The third kappa shape index (κ3) is 2.09. The zero-order valence-corrected chi connectivity index (χ0v) is 10.7. The molecule has 0 N–H and O–H groups in total. The van der Waals surface area contributed by atoms with Crippen LogP contribution in [0.4, 0.5) is 0 Å². The van der Waals surface area contributed by atoms with Gasteiger partial charge >= 0.3 is 0 Å². The molecule has 0 bridgehead atoms. The van der Waals surface area contributed by atoms with E-state index in [0.29, 0.717) is 10.4 Å². The lowest BCUT2D eigenvalue weighted by Crippen LogP contribution is -2.20. The van der Waals surface area contributed by atoms with Crippen LogP contribution >= 0.6 is 23.2 Å². The van der Waals surface area contributed by atoms with Crippen molar-refractivity contribution in [2.75, 3.05) is 13.1 Å². The van der Waals surface area contributed by atoms with Gasteiger partial charge in [-0.05, 0) is 48.9 Å². The summed E-state index contributed by atoms with van der Waals surface area (Å²) < 4.78 is 0. The van der Waals surface area contributed by atoms with Crippen molar-refractivity contribution in [1.29, 1.82) is 0 Å². The van der Waals surface area contributed by atoms with Crippen LogP contribution < -0.4 is 0 Å². The molecule has 1 spiro atoms. The summed E-state index contributed by atoms with van der Waals surface area (Å²) in [5, 5.41) is 1.51. The van der Waals surface area contributed by atoms with Gasteiger partial charge in [0, 0.05) is 23.1 Å². The van der Waals surface area contributed by atoms with Crippen LogP contribution in [0.1, 0.15) is 24.8 Å². The van der Waals surface area contributed by atoms with Gasteiger partial charge in [-0.3, -0.25) is 4.90 Å². The Kier molecular flexibility index (Phi) is 2.66. The van der Waals surface area contributed by atoms with E-state index in [0.717, 1.165) is 11.6 Å². The summed E-state index contributed by atoms with van der Waals surface area (Å²) in [5.74, 6) is 0. The smallest absolute Gasteiger partial charge is 0.0465 e. The van der Waals surface area contributed by atoms with Gasteiger partial charge < -0.3 is 0 Å². The van der Waals surface area contributed by atoms with Gasteiger partial charge in [0.1, 0.15) is 0 Å². The highest BCUT2D eigenvalue weighted by atomic mass is 35.5. The zero-order valence-electron chi connectivity index (χ0n) is 9.18. The van der Waals surface area contributed by atoms with Crippen molar-refractivity contribution in [1.82, 2.24) is 4.90 Å². The predicted octanol–water partition coefficient (Wildman–Crippen LogP) is 3.98. The van der Waals surface area contributed by atoms with Gasteiger partial charge in [0.05, 0.1) is 0 Å². The Morgan fingerprint density at radius 1 is 1.19 bits per heavy atom. The third-order valence-electron chi connectivity index (χ3n) is 3.88. The standard InChI is InChI=1S/C13H15Cl2N/c14-11-2-1-10(12(15)7-11)8-16-6-5-13(9-16)3-4-13/h1-2,7H,3-6,8-9H2. The Hall–Kier alpha value is -0.240. The first-order valence-electron chi connectivity index (χ1n) is 5.83. The molecular formula is C13H15Cl2N. The SMILES string of the molecule is Clc1ccc(CN2CCC3(CC3)C2)c(Cl)c1. The van der Waals surface area contributed by atoms with E-state index in [1.54, 1.807) is 0 Å². The van der Waals surface area contributed by atoms with Crippen molar-refractivity contribution in [3.63, 3.8) is 0 Å². The summed E-state index contributed by atoms with van der Waals surface area (Å²) in [6, 6.07) is 5.80. The minimum absolute atomic E-state index is 0.693. The molecule has 1 aliphatic carbocycles. The maximum absolute atomic E-state index is 6.18. The summed E-state index contributed by atoms with van der Waals surface area (Å²) in [6.07, 6.45) is 4.23. The lowest BCUT2D eigenvalue weighted by atomic mass is 10.1. The minimum Gasteiger partial charge on any atom is -0.298 e. The summed E-state index contributed by atoms with van der Waals surface area (Å²) in [7, 11) is 0. The van der Waals surface area contributed by atoms with Crippen LogP contribution in [0.5, 0.6) is 0 Å².